The van der Waals surface area contributed by atoms with Gasteiger partial charge in [-0.2, -0.15) is 0 Å². The first-order valence-electron chi connectivity index (χ1n) is 11.0. The van der Waals surface area contributed by atoms with Gasteiger partial charge in [0.2, 0.25) is 5.91 Å². The van der Waals surface area contributed by atoms with Crippen LogP contribution < -0.4 is 5.32 Å². The number of nitrogens with one attached hydrogen (secondary N) is 1. The van der Waals surface area contributed by atoms with Crippen LogP contribution in [-0.4, -0.2) is 65.9 Å². The zero-order chi connectivity index (χ0) is 24.1. The van der Waals surface area contributed by atoms with E-state index in [2.05, 4.69) is 5.32 Å². The van der Waals surface area contributed by atoms with Crippen molar-refractivity contribution in [2.45, 2.75) is 13.5 Å². The van der Waals surface area contributed by atoms with Crippen LogP contribution in [-0.2, 0) is 25.6 Å². The standard InChI is InChI=1S/C25H25N3O6/c1-2-34-25(32)17-7-9-18(10-8-17)26-24(31)23(30)20-15-28(21-6-4-3-5-19(20)21)16-22(29)27-11-13-33-14-12-27/h3-10,15H,2,11-14,16H2,1H3,(H,26,31). The van der Waals surface area contributed by atoms with Gasteiger partial charge in [-0.15, -0.1) is 0 Å². The molecular weight excluding hydrogens is 438 g/mol. The number of rotatable bonds is 7. The second kappa shape index (κ2) is 10.3. The zero-order valence-corrected chi connectivity index (χ0v) is 18.8. The first kappa shape index (κ1) is 23.2. The van der Waals surface area contributed by atoms with Crippen LogP contribution >= 0.6 is 0 Å². The summed E-state index contributed by atoms with van der Waals surface area (Å²) >= 11 is 0. The number of benzene rings is 2. The zero-order valence-electron chi connectivity index (χ0n) is 18.8. The third-order valence-corrected chi connectivity index (χ3v) is 5.56. The lowest BCUT2D eigenvalue weighted by atomic mass is 10.1. The second-order valence-electron chi connectivity index (χ2n) is 7.76. The predicted octanol–water partition coefficient (Wildman–Crippen LogP) is 2.50. The minimum Gasteiger partial charge on any atom is -0.462 e. The van der Waals surface area contributed by atoms with Gasteiger partial charge in [-0.25, -0.2) is 4.79 Å². The Hall–Kier alpha value is -3.98. The summed E-state index contributed by atoms with van der Waals surface area (Å²) in [6, 6.07) is 13.2. The highest BCUT2D eigenvalue weighted by Crippen LogP contribution is 2.23. The Morgan fingerprint density at radius 2 is 1.71 bits per heavy atom. The number of carbonyl (C=O) groups is 4. The number of hydrogen-bond donors (Lipinski definition) is 1. The van der Waals surface area contributed by atoms with Crippen molar-refractivity contribution in [1.82, 2.24) is 9.47 Å². The summed E-state index contributed by atoms with van der Waals surface area (Å²) in [4.78, 5) is 52.0. The summed E-state index contributed by atoms with van der Waals surface area (Å²) < 4.78 is 11.9. The van der Waals surface area contributed by atoms with Gasteiger partial charge in [0.25, 0.3) is 11.7 Å². The molecule has 34 heavy (non-hydrogen) atoms. The van der Waals surface area contributed by atoms with E-state index in [0.717, 1.165) is 0 Å². The average Bonchev–Trinajstić information content (AvgIpc) is 3.23. The molecule has 2 amide bonds. The van der Waals surface area contributed by atoms with Gasteiger partial charge in [0, 0.05) is 35.9 Å². The molecule has 1 aliphatic heterocycles. The molecule has 3 aromatic rings. The van der Waals surface area contributed by atoms with E-state index in [0.29, 0.717) is 48.5 Å². The fraction of sp³-hybridized carbons (Fsp3) is 0.280. The summed E-state index contributed by atoms with van der Waals surface area (Å²) in [6.45, 7) is 4.10. The number of morpholine rings is 1. The van der Waals surface area contributed by atoms with Crippen LogP contribution in [0.1, 0.15) is 27.6 Å². The monoisotopic (exact) mass is 463 g/mol. The SMILES string of the molecule is CCOC(=O)c1ccc(NC(=O)C(=O)c2cn(CC(=O)N3CCOCC3)c3ccccc23)cc1. The maximum Gasteiger partial charge on any atom is 0.338 e. The van der Waals surface area contributed by atoms with Crippen LogP contribution in [0, 0.1) is 0 Å². The quantitative estimate of drug-likeness (QED) is 0.328. The van der Waals surface area contributed by atoms with Crippen molar-refractivity contribution in [3.05, 3.63) is 65.9 Å². The summed E-state index contributed by atoms with van der Waals surface area (Å²) in [6.07, 6.45) is 1.55. The van der Waals surface area contributed by atoms with Crippen LogP contribution in [0.4, 0.5) is 5.69 Å². The molecule has 1 saturated heterocycles. The van der Waals surface area contributed by atoms with E-state index in [1.165, 1.54) is 24.3 Å². The molecule has 1 N–H and O–H groups in total. The fourth-order valence-corrected chi connectivity index (χ4v) is 3.83. The molecule has 0 radical (unpaired) electrons. The van der Waals surface area contributed by atoms with E-state index < -0.39 is 17.7 Å². The van der Waals surface area contributed by atoms with Crippen LogP contribution in [0.5, 0.6) is 0 Å². The molecule has 1 aromatic heterocycles. The number of ketones is 1. The van der Waals surface area contributed by atoms with Crippen molar-refractivity contribution in [3.8, 4) is 0 Å². The largest absolute Gasteiger partial charge is 0.462 e. The normalized spacial score (nSPS) is 13.5. The predicted molar refractivity (Wildman–Crippen MR) is 125 cm³/mol. The first-order chi connectivity index (χ1) is 16.5. The number of nitrogens with zero attached hydrogens (tertiary/aromatic N) is 2. The Bertz CT molecular complexity index is 1230. The lowest BCUT2D eigenvalue weighted by Crippen LogP contribution is -2.42. The van der Waals surface area contributed by atoms with Crippen LogP contribution in [0.25, 0.3) is 10.9 Å². The Labute approximate surface area is 196 Å². The fourth-order valence-electron chi connectivity index (χ4n) is 3.83. The molecule has 2 aromatic carbocycles. The molecule has 0 atom stereocenters. The molecule has 9 heteroatoms. The van der Waals surface area contributed by atoms with Crippen molar-refractivity contribution in [1.29, 1.82) is 0 Å². The number of ether oxygens (including phenoxy) is 2. The number of hydrogen-bond acceptors (Lipinski definition) is 6. The molecule has 0 aliphatic carbocycles. The lowest BCUT2D eigenvalue weighted by Gasteiger charge is -2.27. The Kier molecular flexibility index (Phi) is 7.03. The summed E-state index contributed by atoms with van der Waals surface area (Å²) in [5.41, 5.74) is 1.63. The first-order valence-corrected chi connectivity index (χ1v) is 11.0. The highest BCUT2D eigenvalue weighted by atomic mass is 16.5. The lowest BCUT2D eigenvalue weighted by molar-refractivity contribution is -0.135. The van der Waals surface area contributed by atoms with Crippen molar-refractivity contribution < 1.29 is 28.7 Å². The topological polar surface area (TPSA) is 107 Å². The number of Topliss-reactive ketones (excluding diaryl/α,β-unsaturated/α-hetero) is 1. The van der Waals surface area contributed by atoms with Crippen molar-refractivity contribution >= 4 is 40.2 Å². The van der Waals surface area contributed by atoms with Gasteiger partial charge in [-0.3, -0.25) is 14.4 Å². The van der Waals surface area contributed by atoms with E-state index in [-0.39, 0.29) is 24.6 Å². The molecule has 0 saturated carbocycles. The number of amides is 2. The second-order valence-corrected chi connectivity index (χ2v) is 7.76. The minimum absolute atomic E-state index is 0.0603. The van der Waals surface area contributed by atoms with Crippen molar-refractivity contribution in [3.63, 3.8) is 0 Å². The Morgan fingerprint density at radius 3 is 2.41 bits per heavy atom. The molecule has 4 rings (SSSR count). The summed E-state index contributed by atoms with van der Waals surface area (Å²) in [5.74, 6) is -2.07. The molecule has 1 fully saturated rings. The minimum atomic E-state index is -0.814. The molecule has 9 nitrogen and oxygen atoms in total. The molecule has 0 bridgehead atoms. The molecular formula is C25H25N3O6. The van der Waals surface area contributed by atoms with Gasteiger partial charge < -0.3 is 24.3 Å². The van der Waals surface area contributed by atoms with Gasteiger partial charge in [0.05, 0.1) is 30.9 Å². The van der Waals surface area contributed by atoms with E-state index in [4.69, 9.17) is 9.47 Å². The van der Waals surface area contributed by atoms with E-state index in [1.807, 2.05) is 12.1 Å². The smallest absolute Gasteiger partial charge is 0.338 e. The molecule has 1 aliphatic rings. The van der Waals surface area contributed by atoms with Crippen LogP contribution in [0.2, 0.25) is 0 Å². The highest BCUT2D eigenvalue weighted by Gasteiger charge is 2.24. The number of anilines is 1. The Balaban J connectivity index is 1.51. The van der Waals surface area contributed by atoms with Crippen molar-refractivity contribution in [2.75, 3.05) is 38.2 Å². The number of carbonyl (C=O) groups excluding carboxylic acids is 4. The maximum absolute atomic E-state index is 13.0. The summed E-state index contributed by atoms with van der Waals surface area (Å²) in [7, 11) is 0. The third-order valence-electron chi connectivity index (χ3n) is 5.56. The number of para-hydroxylation sites is 1. The Morgan fingerprint density at radius 1 is 1.00 bits per heavy atom. The van der Waals surface area contributed by atoms with Crippen LogP contribution in [0.3, 0.4) is 0 Å². The van der Waals surface area contributed by atoms with Gasteiger partial charge in [0.15, 0.2) is 0 Å². The van der Waals surface area contributed by atoms with Crippen molar-refractivity contribution in [2.24, 2.45) is 0 Å². The number of aromatic nitrogens is 1. The molecule has 0 spiro atoms. The van der Waals surface area contributed by atoms with Gasteiger partial charge >= 0.3 is 5.97 Å². The van der Waals surface area contributed by atoms with Gasteiger partial charge in [-0.1, -0.05) is 18.2 Å². The average molecular weight is 463 g/mol. The molecule has 0 unspecified atom stereocenters. The molecule has 2 heterocycles. The maximum atomic E-state index is 13.0. The van der Waals surface area contributed by atoms with E-state index in [1.54, 1.807) is 34.7 Å². The van der Waals surface area contributed by atoms with E-state index >= 15 is 0 Å². The number of esters is 1. The van der Waals surface area contributed by atoms with E-state index in [9.17, 15) is 19.2 Å². The number of fused-ring (bicyclic) bond motifs is 1. The van der Waals surface area contributed by atoms with Gasteiger partial charge in [0.1, 0.15) is 6.54 Å². The third kappa shape index (κ3) is 4.99. The van der Waals surface area contributed by atoms with Gasteiger partial charge in [-0.05, 0) is 37.3 Å². The molecule has 176 valence electrons. The van der Waals surface area contributed by atoms with Crippen LogP contribution in [0.15, 0.2) is 54.7 Å². The summed E-state index contributed by atoms with van der Waals surface area (Å²) in [5, 5.41) is 3.16. The highest BCUT2D eigenvalue weighted by molar-refractivity contribution is 6.48.